The van der Waals surface area contributed by atoms with Gasteiger partial charge in [-0.15, -0.1) is 0 Å². The summed E-state index contributed by atoms with van der Waals surface area (Å²) in [5.41, 5.74) is 8.87. The maximum absolute atomic E-state index is 6.11. The Kier molecular flexibility index (Phi) is 3.76. The average Bonchev–Trinajstić information content (AvgIpc) is 2.36. The summed E-state index contributed by atoms with van der Waals surface area (Å²) in [7, 11) is 2.08. The molecule has 0 spiro atoms. The number of halogens is 1. The topological polar surface area (TPSA) is 42.1 Å². The Morgan fingerprint density at radius 2 is 2.17 bits per heavy atom. The van der Waals surface area contributed by atoms with Crippen molar-refractivity contribution >= 4 is 38.2 Å². The molecule has 96 valence electrons. The first-order valence-electron chi connectivity index (χ1n) is 6.11. The van der Waals surface area contributed by atoms with Crippen LogP contribution < -0.4 is 10.6 Å². The fourth-order valence-electron chi connectivity index (χ4n) is 2.05. The van der Waals surface area contributed by atoms with E-state index in [1.807, 2.05) is 12.1 Å². The Morgan fingerprint density at radius 1 is 1.44 bits per heavy atom. The van der Waals surface area contributed by atoms with Crippen molar-refractivity contribution in [3.05, 3.63) is 28.9 Å². The first-order valence-corrected chi connectivity index (χ1v) is 6.90. The van der Waals surface area contributed by atoms with Gasteiger partial charge in [0.15, 0.2) is 0 Å². The third-order valence-electron chi connectivity index (χ3n) is 3.43. The van der Waals surface area contributed by atoms with Gasteiger partial charge in [0.05, 0.1) is 23.1 Å². The van der Waals surface area contributed by atoms with Crippen molar-refractivity contribution in [2.45, 2.75) is 26.3 Å². The second-order valence-corrected chi connectivity index (χ2v) is 5.51. The highest BCUT2D eigenvalue weighted by molar-refractivity contribution is 9.10. The third-order valence-corrected chi connectivity index (χ3v) is 3.93. The van der Waals surface area contributed by atoms with Crippen LogP contribution in [0.2, 0.25) is 0 Å². The van der Waals surface area contributed by atoms with E-state index in [4.69, 9.17) is 5.73 Å². The fourth-order valence-corrected chi connectivity index (χ4v) is 2.42. The quantitative estimate of drug-likeness (QED) is 0.937. The van der Waals surface area contributed by atoms with Crippen molar-refractivity contribution in [2.75, 3.05) is 17.7 Å². The Labute approximate surface area is 116 Å². The molecule has 1 aromatic carbocycles. The van der Waals surface area contributed by atoms with E-state index in [0.717, 1.165) is 33.2 Å². The SMILES string of the molecule is CCC(C)N(C)c1c(N)cnc2ccc(Br)cc12. The maximum atomic E-state index is 6.11. The van der Waals surface area contributed by atoms with E-state index in [2.05, 4.69) is 52.8 Å². The number of benzene rings is 1. The second kappa shape index (κ2) is 5.14. The summed E-state index contributed by atoms with van der Waals surface area (Å²) >= 11 is 3.51. The van der Waals surface area contributed by atoms with Gasteiger partial charge < -0.3 is 10.6 Å². The van der Waals surface area contributed by atoms with Crippen LogP contribution in [0.3, 0.4) is 0 Å². The van der Waals surface area contributed by atoms with E-state index in [1.165, 1.54) is 0 Å². The molecule has 1 unspecified atom stereocenters. The van der Waals surface area contributed by atoms with Crippen molar-refractivity contribution in [1.29, 1.82) is 0 Å². The summed E-state index contributed by atoms with van der Waals surface area (Å²) in [6, 6.07) is 6.52. The zero-order valence-corrected chi connectivity index (χ0v) is 12.5. The number of aromatic nitrogens is 1. The first kappa shape index (κ1) is 13.1. The number of hydrogen-bond donors (Lipinski definition) is 1. The number of pyridine rings is 1. The number of hydrogen-bond acceptors (Lipinski definition) is 3. The predicted octanol–water partition coefficient (Wildman–Crippen LogP) is 3.81. The zero-order chi connectivity index (χ0) is 13.3. The van der Waals surface area contributed by atoms with Crippen LogP contribution >= 0.6 is 15.9 Å². The second-order valence-electron chi connectivity index (χ2n) is 4.59. The van der Waals surface area contributed by atoms with E-state index in [-0.39, 0.29) is 0 Å². The van der Waals surface area contributed by atoms with E-state index >= 15 is 0 Å². The maximum Gasteiger partial charge on any atom is 0.0745 e. The van der Waals surface area contributed by atoms with E-state index in [0.29, 0.717) is 6.04 Å². The van der Waals surface area contributed by atoms with Gasteiger partial charge in [0.1, 0.15) is 0 Å². The molecule has 2 rings (SSSR count). The molecule has 2 N–H and O–H groups in total. The summed E-state index contributed by atoms with van der Waals surface area (Å²) in [6.07, 6.45) is 2.82. The molecule has 0 saturated heterocycles. The molecule has 1 atom stereocenters. The largest absolute Gasteiger partial charge is 0.396 e. The van der Waals surface area contributed by atoms with E-state index in [1.54, 1.807) is 6.20 Å². The lowest BCUT2D eigenvalue weighted by Gasteiger charge is -2.28. The summed E-state index contributed by atoms with van der Waals surface area (Å²) in [4.78, 5) is 6.61. The lowest BCUT2D eigenvalue weighted by molar-refractivity contribution is 0.666. The number of nitrogens with two attached hydrogens (primary N) is 1. The molecule has 3 nitrogen and oxygen atoms in total. The molecule has 0 radical (unpaired) electrons. The minimum atomic E-state index is 0.442. The molecule has 0 saturated carbocycles. The van der Waals surface area contributed by atoms with Crippen LogP contribution in [0.5, 0.6) is 0 Å². The van der Waals surface area contributed by atoms with Crippen LogP contribution in [-0.2, 0) is 0 Å². The minimum absolute atomic E-state index is 0.442. The van der Waals surface area contributed by atoms with Crippen molar-refractivity contribution < 1.29 is 0 Å². The van der Waals surface area contributed by atoms with Crippen LogP contribution in [0.15, 0.2) is 28.9 Å². The minimum Gasteiger partial charge on any atom is -0.396 e. The van der Waals surface area contributed by atoms with Gasteiger partial charge in [0.2, 0.25) is 0 Å². The van der Waals surface area contributed by atoms with Crippen molar-refractivity contribution in [3.8, 4) is 0 Å². The fraction of sp³-hybridized carbons (Fsp3) is 0.357. The molecule has 0 aliphatic carbocycles. The summed E-state index contributed by atoms with van der Waals surface area (Å²) in [5.74, 6) is 0. The normalized spacial score (nSPS) is 12.7. The Morgan fingerprint density at radius 3 is 2.83 bits per heavy atom. The van der Waals surface area contributed by atoms with Gasteiger partial charge >= 0.3 is 0 Å². The number of nitrogens with zero attached hydrogens (tertiary/aromatic N) is 2. The Bertz CT molecular complexity index is 563. The highest BCUT2D eigenvalue weighted by Gasteiger charge is 2.15. The number of fused-ring (bicyclic) bond motifs is 1. The summed E-state index contributed by atoms with van der Waals surface area (Å²) < 4.78 is 1.04. The summed E-state index contributed by atoms with van der Waals surface area (Å²) in [6.45, 7) is 4.38. The molecule has 4 heteroatoms. The number of nitrogen functional groups attached to an aromatic ring is 1. The molecule has 0 aliphatic heterocycles. The van der Waals surface area contributed by atoms with Crippen LogP contribution in [0, 0.1) is 0 Å². The molecular formula is C14H18BrN3. The van der Waals surface area contributed by atoms with Gasteiger partial charge in [-0.25, -0.2) is 0 Å². The van der Waals surface area contributed by atoms with Crippen molar-refractivity contribution in [1.82, 2.24) is 4.98 Å². The van der Waals surface area contributed by atoms with Gasteiger partial charge in [-0.2, -0.15) is 0 Å². The monoisotopic (exact) mass is 307 g/mol. The lowest BCUT2D eigenvalue weighted by Crippen LogP contribution is -2.29. The van der Waals surface area contributed by atoms with Crippen LogP contribution in [0.25, 0.3) is 10.9 Å². The molecule has 0 bridgehead atoms. The first-order chi connectivity index (χ1) is 8.54. The molecule has 1 aromatic heterocycles. The van der Waals surface area contributed by atoms with Gasteiger partial charge in [0.25, 0.3) is 0 Å². The summed E-state index contributed by atoms with van der Waals surface area (Å²) in [5, 5.41) is 1.09. The number of rotatable bonds is 3. The zero-order valence-electron chi connectivity index (χ0n) is 10.9. The Hall–Kier alpha value is -1.29. The highest BCUT2D eigenvalue weighted by Crippen LogP contribution is 2.33. The van der Waals surface area contributed by atoms with Crippen molar-refractivity contribution in [2.24, 2.45) is 0 Å². The number of anilines is 2. The standard InChI is InChI=1S/C14H18BrN3/c1-4-9(2)18(3)14-11-7-10(15)5-6-13(11)17-8-12(14)16/h5-9H,4,16H2,1-3H3. The van der Waals surface area contributed by atoms with Gasteiger partial charge in [0, 0.05) is 22.9 Å². The van der Waals surface area contributed by atoms with Crippen molar-refractivity contribution in [3.63, 3.8) is 0 Å². The van der Waals surface area contributed by atoms with Gasteiger partial charge in [-0.05, 0) is 31.5 Å². The van der Waals surface area contributed by atoms with Crippen LogP contribution in [0.4, 0.5) is 11.4 Å². The molecular weight excluding hydrogens is 290 g/mol. The molecule has 0 fully saturated rings. The molecule has 18 heavy (non-hydrogen) atoms. The lowest BCUT2D eigenvalue weighted by atomic mass is 10.1. The van der Waals surface area contributed by atoms with E-state index in [9.17, 15) is 0 Å². The van der Waals surface area contributed by atoms with Crippen LogP contribution in [0.1, 0.15) is 20.3 Å². The predicted molar refractivity (Wildman–Crippen MR) is 82.0 cm³/mol. The van der Waals surface area contributed by atoms with Crippen LogP contribution in [-0.4, -0.2) is 18.1 Å². The van der Waals surface area contributed by atoms with Gasteiger partial charge in [-0.3, -0.25) is 4.98 Å². The molecule has 0 amide bonds. The van der Waals surface area contributed by atoms with E-state index < -0.39 is 0 Å². The molecule has 1 heterocycles. The van der Waals surface area contributed by atoms with Gasteiger partial charge in [-0.1, -0.05) is 22.9 Å². The third kappa shape index (κ3) is 2.29. The highest BCUT2D eigenvalue weighted by atomic mass is 79.9. The Balaban J connectivity index is 2.67. The molecule has 0 aliphatic rings. The average molecular weight is 308 g/mol. The molecule has 2 aromatic rings. The smallest absolute Gasteiger partial charge is 0.0745 e.